The summed E-state index contributed by atoms with van der Waals surface area (Å²) in [6, 6.07) is 10.9. The lowest BCUT2D eigenvalue weighted by Crippen LogP contribution is -2.46. The number of nitrogens with one attached hydrogen (secondary N) is 3. The topological polar surface area (TPSA) is 94.4 Å². The highest BCUT2D eigenvalue weighted by atomic mass is 16.1. The Morgan fingerprint density at radius 1 is 1.15 bits per heavy atom. The van der Waals surface area contributed by atoms with Crippen LogP contribution < -0.4 is 21.8 Å². The number of rotatable bonds is 4. The van der Waals surface area contributed by atoms with Gasteiger partial charge in [0.05, 0.1) is 17.7 Å². The summed E-state index contributed by atoms with van der Waals surface area (Å²) < 4.78 is 0. The van der Waals surface area contributed by atoms with Crippen LogP contribution in [0, 0.1) is 12.1 Å². The molecule has 6 nitrogen and oxygen atoms in total. The normalized spacial score (nSPS) is 12.8. The standard InChI is InChI=1S/C20H18N4O2/c1-4-20(2,3)17-14(21-12-22-17)11-16-19(26)23-15(18(25)24-16)10-13-8-6-5-7-9-13/h4-6,8,10-12H,1H2,2-3H3,(H,21,22)(H,23,26)(H,24,25)/b15-10-,16-11-. The molecule has 0 aliphatic heterocycles. The highest BCUT2D eigenvalue weighted by Gasteiger charge is 2.21. The number of allylic oxidation sites excluding steroid dienone is 1. The Balaban J connectivity index is 2.14. The van der Waals surface area contributed by atoms with E-state index in [-0.39, 0.29) is 16.1 Å². The highest BCUT2D eigenvalue weighted by Crippen LogP contribution is 2.24. The molecule has 0 fully saturated rings. The first-order valence-corrected chi connectivity index (χ1v) is 8.02. The molecule has 0 aliphatic carbocycles. The Morgan fingerprint density at radius 3 is 2.46 bits per heavy atom. The van der Waals surface area contributed by atoms with Crippen molar-refractivity contribution in [2.24, 2.45) is 0 Å². The molecule has 2 heterocycles. The third-order valence-electron chi connectivity index (χ3n) is 4.06. The Labute approximate surface area is 149 Å². The number of hydrogen-bond donors (Lipinski definition) is 3. The largest absolute Gasteiger partial charge is 0.347 e. The van der Waals surface area contributed by atoms with Gasteiger partial charge in [0.25, 0.3) is 11.1 Å². The molecule has 2 aromatic heterocycles. The fraction of sp³-hybridized carbons (Fsp3) is 0.150. The third kappa shape index (κ3) is 3.42. The molecule has 0 radical (unpaired) electrons. The molecule has 0 unspecified atom stereocenters. The number of aromatic amines is 3. The fourth-order valence-corrected chi connectivity index (χ4v) is 2.47. The van der Waals surface area contributed by atoms with Crippen molar-refractivity contribution in [2.45, 2.75) is 19.3 Å². The van der Waals surface area contributed by atoms with Gasteiger partial charge in [-0.3, -0.25) is 9.59 Å². The predicted octanol–water partition coefficient (Wildman–Crippen LogP) is 0.508. The van der Waals surface area contributed by atoms with Gasteiger partial charge in [0, 0.05) is 11.0 Å². The van der Waals surface area contributed by atoms with Crippen LogP contribution in [-0.2, 0) is 5.41 Å². The van der Waals surface area contributed by atoms with Crippen LogP contribution in [-0.4, -0.2) is 19.9 Å². The van der Waals surface area contributed by atoms with Gasteiger partial charge in [0.1, 0.15) is 10.7 Å². The smallest absolute Gasteiger partial charge is 0.272 e. The maximum absolute atomic E-state index is 12.4. The molecule has 6 heteroatoms. The van der Waals surface area contributed by atoms with Crippen molar-refractivity contribution in [3.8, 4) is 0 Å². The molecule has 0 atom stereocenters. The van der Waals surface area contributed by atoms with Crippen LogP contribution in [0.25, 0.3) is 12.2 Å². The van der Waals surface area contributed by atoms with Crippen LogP contribution >= 0.6 is 0 Å². The second kappa shape index (κ2) is 6.73. The summed E-state index contributed by atoms with van der Waals surface area (Å²) in [7, 11) is 0. The minimum absolute atomic E-state index is 0.129. The predicted molar refractivity (Wildman–Crippen MR) is 100.0 cm³/mol. The first-order chi connectivity index (χ1) is 12.4. The van der Waals surface area contributed by atoms with Gasteiger partial charge in [0.2, 0.25) is 0 Å². The third-order valence-corrected chi connectivity index (χ3v) is 4.06. The molecule has 0 aliphatic rings. The molecule has 0 saturated heterocycles. The zero-order valence-corrected chi connectivity index (χ0v) is 14.5. The van der Waals surface area contributed by atoms with Gasteiger partial charge in [-0.05, 0) is 24.3 Å². The number of hydrogen-bond acceptors (Lipinski definition) is 3. The Kier molecular flexibility index (Phi) is 4.46. The van der Waals surface area contributed by atoms with Crippen molar-refractivity contribution >= 4 is 12.2 Å². The summed E-state index contributed by atoms with van der Waals surface area (Å²) >= 11 is 0. The number of imidazole rings is 1. The Morgan fingerprint density at radius 2 is 1.85 bits per heavy atom. The molecule has 0 bridgehead atoms. The first-order valence-electron chi connectivity index (χ1n) is 8.02. The van der Waals surface area contributed by atoms with Crippen molar-refractivity contribution in [1.82, 2.24) is 19.9 Å². The van der Waals surface area contributed by atoms with Gasteiger partial charge in [0.15, 0.2) is 0 Å². The fourth-order valence-electron chi connectivity index (χ4n) is 2.47. The zero-order valence-electron chi connectivity index (χ0n) is 14.5. The van der Waals surface area contributed by atoms with Crippen LogP contribution in [0.15, 0.2) is 46.8 Å². The maximum Gasteiger partial charge on any atom is 0.272 e. The molecule has 3 N–H and O–H groups in total. The van der Waals surface area contributed by atoms with Crippen molar-refractivity contribution in [3.05, 3.63) is 97.7 Å². The second-order valence-corrected chi connectivity index (χ2v) is 6.36. The van der Waals surface area contributed by atoms with Crippen LogP contribution in [0.5, 0.6) is 0 Å². The molecule has 3 aromatic rings. The van der Waals surface area contributed by atoms with Crippen molar-refractivity contribution < 1.29 is 0 Å². The van der Waals surface area contributed by atoms with E-state index in [1.54, 1.807) is 42.8 Å². The van der Waals surface area contributed by atoms with E-state index in [1.807, 2.05) is 13.8 Å². The van der Waals surface area contributed by atoms with Gasteiger partial charge < -0.3 is 15.0 Å². The molecule has 0 amide bonds. The van der Waals surface area contributed by atoms with E-state index >= 15 is 0 Å². The van der Waals surface area contributed by atoms with Crippen molar-refractivity contribution in [3.63, 3.8) is 0 Å². The van der Waals surface area contributed by atoms with Gasteiger partial charge in [-0.15, -0.1) is 6.58 Å². The summed E-state index contributed by atoms with van der Waals surface area (Å²) in [5.41, 5.74) is 0.835. The van der Waals surface area contributed by atoms with E-state index in [0.29, 0.717) is 11.3 Å². The number of nitrogens with zero attached hydrogens (tertiary/aromatic N) is 1. The molecule has 0 saturated carbocycles. The maximum atomic E-state index is 12.4. The second-order valence-electron chi connectivity index (χ2n) is 6.36. The lowest BCUT2D eigenvalue weighted by atomic mass is 9.88. The van der Waals surface area contributed by atoms with Crippen molar-refractivity contribution in [1.29, 1.82) is 0 Å². The van der Waals surface area contributed by atoms with E-state index in [9.17, 15) is 9.59 Å². The number of H-pyrrole nitrogens is 3. The molecule has 1 aromatic carbocycles. The molecule has 0 spiro atoms. The SMILES string of the molecule is C=CC(C)(C)c1[nH]cnc1/C=c1\[nH]c(=O)/c(=C/c2c#cccc2)[nH]c1=O. The summed E-state index contributed by atoms with van der Waals surface area (Å²) in [5, 5.41) is 0.278. The van der Waals surface area contributed by atoms with Crippen LogP contribution in [0.2, 0.25) is 0 Å². The Hall–Kier alpha value is -3.59. The Bertz CT molecular complexity index is 1160. The first kappa shape index (κ1) is 17.2. The van der Waals surface area contributed by atoms with E-state index in [2.05, 4.69) is 38.6 Å². The summed E-state index contributed by atoms with van der Waals surface area (Å²) in [4.78, 5) is 37.2. The van der Waals surface area contributed by atoms with Crippen LogP contribution in [0.1, 0.15) is 30.8 Å². The summed E-state index contributed by atoms with van der Waals surface area (Å²) in [6.07, 6.45) is 6.42. The van der Waals surface area contributed by atoms with Gasteiger partial charge in [-0.1, -0.05) is 38.1 Å². The van der Waals surface area contributed by atoms with E-state index in [1.165, 1.54) is 0 Å². The highest BCUT2D eigenvalue weighted by molar-refractivity contribution is 5.49. The quantitative estimate of drug-likeness (QED) is 0.601. The van der Waals surface area contributed by atoms with Gasteiger partial charge in [-0.25, -0.2) is 4.98 Å². The average molecular weight is 346 g/mol. The summed E-state index contributed by atoms with van der Waals surface area (Å²) in [5.74, 6) is 0. The van der Waals surface area contributed by atoms with Crippen molar-refractivity contribution in [2.75, 3.05) is 0 Å². The van der Waals surface area contributed by atoms with E-state index < -0.39 is 11.1 Å². The van der Waals surface area contributed by atoms with Crippen LogP contribution in [0.3, 0.4) is 0 Å². The lowest BCUT2D eigenvalue weighted by molar-refractivity contribution is 0.648. The molecule has 130 valence electrons. The minimum atomic E-state index is -0.416. The molecular formula is C20H18N4O2. The van der Waals surface area contributed by atoms with E-state index in [4.69, 9.17) is 0 Å². The molecule has 3 rings (SSSR count). The lowest BCUT2D eigenvalue weighted by Gasteiger charge is -2.18. The van der Waals surface area contributed by atoms with Crippen LogP contribution in [0.4, 0.5) is 0 Å². The van der Waals surface area contributed by atoms with Gasteiger partial charge in [-0.2, -0.15) is 0 Å². The number of aromatic nitrogens is 4. The molecular weight excluding hydrogens is 328 g/mol. The summed E-state index contributed by atoms with van der Waals surface area (Å²) in [6.45, 7) is 7.77. The van der Waals surface area contributed by atoms with E-state index in [0.717, 1.165) is 5.69 Å². The zero-order chi connectivity index (χ0) is 18.7. The molecule has 26 heavy (non-hydrogen) atoms. The average Bonchev–Trinajstić information content (AvgIpc) is 3.09. The minimum Gasteiger partial charge on any atom is -0.347 e. The monoisotopic (exact) mass is 346 g/mol. The van der Waals surface area contributed by atoms with Gasteiger partial charge >= 0.3 is 0 Å².